The van der Waals surface area contributed by atoms with Gasteiger partial charge in [0.1, 0.15) is 0 Å². The Hall–Kier alpha value is -0.710. The summed E-state index contributed by atoms with van der Waals surface area (Å²) >= 11 is 5.79. The molecule has 154 valence electrons. The number of rotatable bonds is 8. The number of carbonyl (C=O) groups is 4. The van der Waals surface area contributed by atoms with Gasteiger partial charge in [0, 0.05) is 26.8 Å². The highest BCUT2D eigenvalue weighted by atomic mass is 127. The zero-order chi connectivity index (χ0) is 21.6. The Morgan fingerprint density at radius 1 is 1.04 bits per heavy atom. The summed E-state index contributed by atoms with van der Waals surface area (Å²) in [4.78, 5) is 48.4. The van der Waals surface area contributed by atoms with E-state index in [0.717, 1.165) is 0 Å². The fraction of sp³-hybridized carbons (Fsp3) is 0.412. The summed E-state index contributed by atoms with van der Waals surface area (Å²) in [6, 6.07) is 0. The zero-order valence-electron chi connectivity index (χ0n) is 15.4. The van der Waals surface area contributed by atoms with Crippen molar-refractivity contribution in [2.45, 2.75) is 32.6 Å². The van der Waals surface area contributed by atoms with Crippen LogP contribution in [-0.2, 0) is 19.1 Å². The van der Waals surface area contributed by atoms with Gasteiger partial charge < -0.3 is 20.1 Å². The SMILES string of the molecule is COC(=O)CCCCC(=O)Nc1c(I)c(C(=O)O)c(I)c(N(C)C(C)=O)c1I. The number of hydrogen-bond donors (Lipinski definition) is 2. The first-order valence-corrected chi connectivity index (χ1v) is 11.3. The molecule has 0 saturated heterocycles. The molecule has 11 heteroatoms. The van der Waals surface area contributed by atoms with E-state index in [1.54, 1.807) is 7.05 Å². The lowest BCUT2D eigenvalue weighted by Gasteiger charge is -2.23. The van der Waals surface area contributed by atoms with Crippen LogP contribution >= 0.6 is 67.8 Å². The molecule has 8 nitrogen and oxygen atoms in total. The normalized spacial score (nSPS) is 10.4. The van der Waals surface area contributed by atoms with Crippen molar-refractivity contribution in [1.82, 2.24) is 0 Å². The topological polar surface area (TPSA) is 113 Å². The number of anilines is 2. The van der Waals surface area contributed by atoms with Crippen LogP contribution in [0.3, 0.4) is 0 Å². The van der Waals surface area contributed by atoms with E-state index in [2.05, 4.69) is 10.1 Å². The molecule has 0 atom stereocenters. The number of hydrogen-bond acceptors (Lipinski definition) is 5. The Kier molecular flexibility index (Phi) is 10.4. The molecule has 0 radical (unpaired) electrons. The average Bonchev–Trinajstić information content (AvgIpc) is 2.61. The molecule has 0 aromatic heterocycles. The second kappa shape index (κ2) is 11.5. The number of halogens is 3. The van der Waals surface area contributed by atoms with Crippen LogP contribution in [0.25, 0.3) is 0 Å². The number of benzene rings is 1. The van der Waals surface area contributed by atoms with Crippen molar-refractivity contribution in [3.8, 4) is 0 Å². The molecule has 0 spiro atoms. The molecular weight excluding hydrogens is 709 g/mol. The lowest BCUT2D eigenvalue weighted by molar-refractivity contribution is -0.140. The van der Waals surface area contributed by atoms with Crippen LogP contribution in [-0.4, -0.2) is 43.0 Å². The van der Waals surface area contributed by atoms with Gasteiger partial charge in [-0.15, -0.1) is 0 Å². The van der Waals surface area contributed by atoms with Crippen LogP contribution in [0.2, 0.25) is 0 Å². The summed E-state index contributed by atoms with van der Waals surface area (Å²) < 4.78 is 5.95. The van der Waals surface area contributed by atoms with E-state index in [1.807, 2.05) is 67.8 Å². The van der Waals surface area contributed by atoms with Gasteiger partial charge in [0.25, 0.3) is 0 Å². The van der Waals surface area contributed by atoms with E-state index in [4.69, 9.17) is 0 Å². The van der Waals surface area contributed by atoms with Gasteiger partial charge >= 0.3 is 11.9 Å². The van der Waals surface area contributed by atoms with Crippen LogP contribution in [0.1, 0.15) is 43.0 Å². The second-order valence-electron chi connectivity index (χ2n) is 5.76. The lowest BCUT2D eigenvalue weighted by atomic mass is 10.1. The van der Waals surface area contributed by atoms with Crippen molar-refractivity contribution in [3.63, 3.8) is 0 Å². The van der Waals surface area contributed by atoms with Gasteiger partial charge in [-0.3, -0.25) is 14.4 Å². The number of carboxylic acids is 1. The van der Waals surface area contributed by atoms with Crippen molar-refractivity contribution in [1.29, 1.82) is 0 Å². The number of methoxy groups -OCH3 is 1. The summed E-state index contributed by atoms with van der Waals surface area (Å²) in [6.45, 7) is 1.38. The number of esters is 1. The van der Waals surface area contributed by atoms with Gasteiger partial charge in [-0.25, -0.2) is 4.79 Å². The van der Waals surface area contributed by atoms with E-state index < -0.39 is 5.97 Å². The number of nitrogens with zero attached hydrogens (tertiary/aromatic N) is 1. The maximum atomic E-state index is 12.3. The van der Waals surface area contributed by atoms with Gasteiger partial charge in [0.2, 0.25) is 11.8 Å². The average molecular weight is 728 g/mol. The molecule has 2 N–H and O–H groups in total. The largest absolute Gasteiger partial charge is 0.478 e. The highest BCUT2D eigenvalue weighted by Crippen LogP contribution is 2.40. The van der Waals surface area contributed by atoms with Crippen LogP contribution in [0.15, 0.2) is 0 Å². The summed E-state index contributed by atoms with van der Waals surface area (Å²) in [5.41, 5.74) is 0.832. The maximum absolute atomic E-state index is 12.3. The van der Waals surface area contributed by atoms with Crippen molar-refractivity contribution < 1.29 is 29.0 Å². The number of carboxylic acid groups (broad SMARTS) is 1. The lowest BCUT2D eigenvalue weighted by Crippen LogP contribution is -2.27. The number of aromatic carboxylic acids is 1. The minimum atomic E-state index is -1.14. The number of ether oxygens (including phenoxy) is 1. The molecule has 0 heterocycles. The first-order valence-electron chi connectivity index (χ1n) is 8.07. The van der Waals surface area contributed by atoms with Crippen LogP contribution in [0, 0.1) is 10.7 Å². The monoisotopic (exact) mass is 728 g/mol. The third kappa shape index (κ3) is 6.40. The molecule has 0 bridgehead atoms. The third-order valence-electron chi connectivity index (χ3n) is 3.84. The fourth-order valence-corrected chi connectivity index (χ4v) is 6.88. The quantitative estimate of drug-likeness (QED) is 0.239. The van der Waals surface area contributed by atoms with Crippen molar-refractivity contribution >= 4 is 103 Å². The number of amides is 2. The molecule has 0 aliphatic carbocycles. The number of carbonyl (C=O) groups excluding carboxylic acids is 3. The zero-order valence-corrected chi connectivity index (χ0v) is 21.9. The van der Waals surface area contributed by atoms with Crippen LogP contribution in [0.5, 0.6) is 0 Å². The maximum Gasteiger partial charge on any atom is 0.338 e. The minimum Gasteiger partial charge on any atom is -0.478 e. The van der Waals surface area contributed by atoms with Crippen molar-refractivity contribution in [2.24, 2.45) is 0 Å². The Labute approximate surface area is 203 Å². The van der Waals surface area contributed by atoms with E-state index in [9.17, 15) is 24.3 Å². The Morgan fingerprint density at radius 2 is 1.61 bits per heavy atom. The van der Waals surface area contributed by atoms with Crippen LogP contribution < -0.4 is 10.2 Å². The Morgan fingerprint density at radius 3 is 2.11 bits per heavy atom. The van der Waals surface area contributed by atoms with Crippen LogP contribution in [0.4, 0.5) is 11.4 Å². The Balaban J connectivity index is 3.17. The first kappa shape index (κ1) is 25.3. The molecule has 0 aliphatic heterocycles. The van der Waals surface area contributed by atoms with Gasteiger partial charge in [0.15, 0.2) is 0 Å². The molecule has 0 fully saturated rings. The predicted molar refractivity (Wildman–Crippen MR) is 130 cm³/mol. The van der Waals surface area contributed by atoms with Gasteiger partial charge in [-0.1, -0.05) is 0 Å². The molecule has 0 saturated carbocycles. The van der Waals surface area contributed by atoms with Gasteiger partial charge in [-0.05, 0) is 80.6 Å². The van der Waals surface area contributed by atoms with E-state index >= 15 is 0 Å². The number of nitrogens with one attached hydrogen (secondary N) is 1. The van der Waals surface area contributed by atoms with Crippen molar-refractivity contribution in [3.05, 3.63) is 16.3 Å². The number of unbranched alkanes of at least 4 members (excludes halogenated alkanes) is 1. The molecule has 1 aromatic carbocycles. The summed E-state index contributed by atoms with van der Waals surface area (Å²) in [5, 5.41) is 12.4. The third-order valence-corrected chi connectivity index (χ3v) is 7.02. The van der Waals surface area contributed by atoms with Crippen molar-refractivity contribution in [2.75, 3.05) is 24.4 Å². The van der Waals surface area contributed by atoms with E-state index in [-0.39, 0.29) is 36.2 Å². The molecule has 0 unspecified atom stereocenters. The molecule has 2 amide bonds. The van der Waals surface area contributed by atoms with Gasteiger partial charge in [0.05, 0.1) is 34.8 Å². The molecular formula is C17H19I3N2O6. The predicted octanol–water partition coefficient (Wildman–Crippen LogP) is 3.85. The molecule has 28 heavy (non-hydrogen) atoms. The highest BCUT2D eigenvalue weighted by molar-refractivity contribution is 14.1. The summed E-state index contributed by atoms with van der Waals surface area (Å²) in [6.07, 6.45) is 1.42. The molecule has 0 aliphatic rings. The summed E-state index contributed by atoms with van der Waals surface area (Å²) in [7, 11) is 2.87. The second-order valence-corrected chi connectivity index (χ2v) is 8.99. The summed E-state index contributed by atoms with van der Waals surface area (Å²) in [5.74, 6) is -2.02. The molecule has 1 rings (SSSR count). The molecule has 1 aromatic rings. The van der Waals surface area contributed by atoms with E-state index in [0.29, 0.717) is 34.9 Å². The first-order chi connectivity index (χ1) is 13.0. The smallest absolute Gasteiger partial charge is 0.338 e. The Bertz CT molecular complexity index is 813. The standard InChI is InChI=1S/C17H19I3N2O6/c1-8(23)22(2)16-13(19)11(17(26)27)12(18)15(14(16)20)21-9(24)6-4-5-7-10(25)28-3/h4-7H2,1-3H3,(H,21,24)(H,26,27). The fourth-order valence-electron chi connectivity index (χ4n) is 2.26. The minimum absolute atomic E-state index is 0.0331. The van der Waals surface area contributed by atoms with E-state index in [1.165, 1.54) is 18.9 Å². The highest BCUT2D eigenvalue weighted by Gasteiger charge is 2.27. The van der Waals surface area contributed by atoms with Gasteiger partial charge in [-0.2, -0.15) is 0 Å².